The molecule has 4 aromatic carbocycles. The van der Waals surface area contributed by atoms with Crippen LogP contribution in [0.2, 0.25) is 5.02 Å². The minimum atomic E-state index is -1.30. The number of hydrogen-bond acceptors (Lipinski definition) is 11. The van der Waals surface area contributed by atoms with Gasteiger partial charge in [0.25, 0.3) is 0 Å². The number of nitrogens with two attached hydrogens (primary N) is 1. The van der Waals surface area contributed by atoms with Crippen molar-refractivity contribution in [3.63, 3.8) is 0 Å². The SMILES string of the molecule is CC(=O)OCC(=O)[C@H](C)CC(=O)[C@@H]1Cc2ccc(O)c(c2)-c2cc(ccc2O)[C@H](N(C)C(=O)[C@H](CCCCN)CC(=O)c2ccc(-c3ccc(Cl)cc3)cc2)C(=O)C[C@@H](C)C(=O)N1. The third-order valence-electron chi connectivity index (χ3n) is 11.5. The number of rotatable bonds is 16. The van der Waals surface area contributed by atoms with Crippen LogP contribution in [-0.4, -0.2) is 82.3 Å². The Morgan fingerprint density at radius 1 is 0.857 bits per heavy atom. The number of Topliss-reactive ketones (excluding diaryl/α,β-unsaturated/α-hetero) is 4. The second-order valence-corrected chi connectivity index (χ2v) is 16.8. The number of fused-ring (bicyclic) bond motifs is 5. The molecule has 1 aliphatic rings. The Bertz CT molecular complexity index is 2350. The first-order chi connectivity index (χ1) is 30.0. The highest BCUT2D eigenvalue weighted by Gasteiger charge is 2.36. The summed E-state index contributed by atoms with van der Waals surface area (Å²) in [4.78, 5) is 95.8. The van der Waals surface area contributed by atoms with Crippen LogP contribution >= 0.6 is 11.6 Å². The Morgan fingerprint density at radius 3 is 2.11 bits per heavy atom. The topological polar surface area (TPSA) is 210 Å². The molecule has 0 saturated heterocycles. The van der Waals surface area contributed by atoms with Crippen LogP contribution in [0, 0.1) is 17.8 Å². The maximum absolute atomic E-state index is 14.6. The van der Waals surface area contributed by atoms with Gasteiger partial charge in [-0.05, 0) is 84.5 Å². The maximum Gasteiger partial charge on any atom is 0.303 e. The predicted molar refractivity (Wildman–Crippen MR) is 238 cm³/mol. The Hall–Kier alpha value is -6.18. The molecule has 0 aliphatic carbocycles. The first-order valence-corrected chi connectivity index (χ1v) is 21.4. The summed E-state index contributed by atoms with van der Waals surface area (Å²) in [5.41, 5.74) is 9.10. The number of esters is 1. The number of ketones is 4. The molecule has 5 rings (SSSR count). The molecule has 0 unspecified atom stereocenters. The van der Waals surface area contributed by atoms with Crippen molar-refractivity contribution in [2.75, 3.05) is 20.2 Å². The Morgan fingerprint density at radius 2 is 1.48 bits per heavy atom. The largest absolute Gasteiger partial charge is 0.507 e. The first kappa shape index (κ1) is 47.9. The summed E-state index contributed by atoms with van der Waals surface area (Å²) in [5, 5.41) is 25.6. The number of ether oxygens (including phenoxy) is 1. The number of unbranched alkanes of at least 4 members (excludes halogenated alkanes) is 1. The van der Waals surface area contributed by atoms with E-state index in [-0.39, 0.29) is 54.1 Å². The number of amides is 2. The van der Waals surface area contributed by atoms with Crippen LogP contribution in [0.1, 0.15) is 86.8 Å². The summed E-state index contributed by atoms with van der Waals surface area (Å²) in [5.74, 6) is -6.68. The summed E-state index contributed by atoms with van der Waals surface area (Å²) in [6.45, 7) is 4.07. The zero-order chi connectivity index (χ0) is 46.0. The number of phenols is 2. The van der Waals surface area contributed by atoms with Crippen LogP contribution in [0.15, 0.2) is 84.9 Å². The van der Waals surface area contributed by atoms with Crippen LogP contribution < -0.4 is 11.1 Å². The van der Waals surface area contributed by atoms with Gasteiger partial charge in [0.15, 0.2) is 23.1 Å². The van der Waals surface area contributed by atoms with Crippen LogP contribution in [0.25, 0.3) is 22.3 Å². The Kier molecular flexibility index (Phi) is 16.5. The van der Waals surface area contributed by atoms with Crippen LogP contribution in [0.3, 0.4) is 0 Å². The molecule has 0 saturated carbocycles. The van der Waals surface area contributed by atoms with Gasteiger partial charge in [-0.15, -0.1) is 0 Å². The van der Waals surface area contributed by atoms with E-state index in [2.05, 4.69) is 5.32 Å². The van der Waals surface area contributed by atoms with E-state index in [0.29, 0.717) is 47.5 Å². The minimum absolute atomic E-state index is 0.0551. The van der Waals surface area contributed by atoms with E-state index in [4.69, 9.17) is 22.1 Å². The molecule has 63 heavy (non-hydrogen) atoms. The van der Waals surface area contributed by atoms with E-state index in [1.165, 1.54) is 50.1 Å². The van der Waals surface area contributed by atoms with Crippen molar-refractivity contribution in [1.29, 1.82) is 0 Å². The monoisotopic (exact) mass is 879 g/mol. The van der Waals surface area contributed by atoms with E-state index in [1.807, 2.05) is 24.3 Å². The summed E-state index contributed by atoms with van der Waals surface area (Å²) < 4.78 is 4.81. The second-order valence-electron chi connectivity index (χ2n) is 16.3. The predicted octanol–water partition coefficient (Wildman–Crippen LogP) is 6.97. The molecule has 14 heteroatoms. The van der Waals surface area contributed by atoms with E-state index in [0.717, 1.165) is 18.1 Å². The molecule has 332 valence electrons. The lowest BCUT2D eigenvalue weighted by molar-refractivity contribution is -0.147. The number of hydrogen-bond donors (Lipinski definition) is 4. The molecule has 0 radical (unpaired) electrons. The molecule has 1 aliphatic heterocycles. The van der Waals surface area contributed by atoms with Gasteiger partial charge in [0.1, 0.15) is 24.1 Å². The van der Waals surface area contributed by atoms with Crippen molar-refractivity contribution < 1.29 is 48.5 Å². The number of phenolic OH excluding ortho intramolecular Hbond substituents is 2. The van der Waals surface area contributed by atoms with Crippen molar-refractivity contribution >= 4 is 52.5 Å². The van der Waals surface area contributed by atoms with E-state index in [9.17, 15) is 43.8 Å². The van der Waals surface area contributed by atoms with Crippen molar-refractivity contribution in [2.24, 2.45) is 23.5 Å². The van der Waals surface area contributed by atoms with Gasteiger partial charge in [-0.25, -0.2) is 0 Å². The van der Waals surface area contributed by atoms with E-state index < -0.39 is 71.6 Å². The smallest absolute Gasteiger partial charge is 0.303 e. The molecule has 0 spiro atoms. The van der Waals surface area contributed by atoms with Gasteiger partial charge in [-0.1, -0.05) is 80.4 Å². The third-order valence-corrected chi connectivity index (χ3v) is 11.7. The van der Waals surface area contributed by atoms with Crippen molar-refractivity contribution in [1.82, 2.24) is 10.2 Å². The number of nitrogens with zero attached hydrogens (tertiary/aromatic N) is 1. The minimum Gasteiger partial charge on any atom is -0.507 e. The number of carbonyl (C=O) groups excluding carboxylic acids is 7. The maximum atomic E-state index is 14.6. The van der Waals surface area contributed by atoms with E-state index >= 15 is 0 Å². The van der Waals surface area contributed by atoms with Crippen molar-refractivity contribution in [3.8, 4) is 33.8 Å². The second kappa shape index (κ2) is 21.8. The standard InChI is InChI=1S/C49H54ClN3O10/c1-28(46(60)27-63-30(3)54)21-44(58)40-24-31-8-18-41(55)38(23-31)39-25-35(15-19-42(39)56)47(45(59)22-29(2)48(61)52-40)53(4)49(62)36(7-5-6-20-51)26-43(57)34-11-9-32(10-12-34)33-13-16-37(50)17-14-33/h8-19,23,25,28-29,36,40,47,55-56H,5-7,20-22,24,26-27,51H2,1-4H3,(H,52,61)/t28-,29-,36-,40+,47+/m1/s1. The van der Waals surface area contributed by atoms with Crippen molar-refractivity contribution in [3.05, 3.63) is 107 Å². The fourth-order valence-corrected chi connectivity index (χ4v) is 7.89. The third kappa shape index (κ3) is 12.5. The number of halogens is 1. The summed E-state index contributed by atoms with van der Waals surface area (Å²) in [6.07, 6.45) is 0.583. The molecule has 1 heterocycles. The normalized spacial score (nSPS) is 17.4. The molecular weight excluding hydrogens is 826 g/mol. The number of benzene rings is 4. The number of likely N-dealkylation sites (N-methyl/N-ethyl adjacent to an activating group) is 1. The van der Waals surface area contributed by atoms with Crippen molar-refractivity contribution in [2.45, 2.75) is 77.8 Å². The number of nitrogens with one attached hydrogen (secondary N) is 1. The van der Waals surface area contributed by atoms with Gasteiger partial charge in [-0.2, -0.15) is 0 Å². The van der Waals surface area contributed by atoms with E-state index in [1.54, 1.807) is 36.4 Å². The zero-order valence-electron chi connectivity index (χ0n) is 35.9. The summed E-state index contributed by atoms with van der Waals surface area (Å²) >= 11 is 6.05. The molecule has 5 atom stereocenters. The molecule has 13 nitrogen and oxygen atoms in total. The van der Waals surface area contributed by atoms with Crippen LogP contribution in [0.4, 0.5) is 0 Å². The average Bonchev–Trinajstić information content (AvgIpc) is 3.25. The highest BCUT2D eigenvalue weighted by atomic mass is 35.5. The summed E-state index contributed by atoms with van der Waals surface area (Å²) in [7, 11) is 1.46. The molecule has 4 aromatic rings. The Balaban J connectivity index is 1.47. The van der Waals surface area contributed by atoms with Gasteiger partial charge < -0.3 is 30.9 Å². The van der Waals surface area contributed by atoms with Gasteiger partial charge in [0.05, 0.1) is 6.04 Å². The zero-order valence-corrected chi connectivity index (χ0v) is 36.7. The van der Waals surface area contributed by atoms with Gasteiger partial charge in [0.2, 0.25) is 11.8 Å². The lowest BCUT2D eigenvalue weighted by atomic mass is 9.87. The van der Waals surface area contributed by atoms with Gasteiger partial charge in [-0.3, -0.25) is 33.6 Å². The van der Waals surface area contributed by atoms with Gasteiger partial charge >= 0.3 is 5.97 Å². The lowest BCUT2D eigenvalue weighted by Gasteiger charge is -2.32. The molecule has 4 bridgehead atoms. The fraction of sp³-hybridized carbons (Fsp3) is 0.367. The highest BCUT2D eigenvalue weighted by Crippen LogP contribution is 2.40. The number of aromatic hydroxyl groups is 2. The van der Waals surface area contributed by atoms with Crippen LogP contribution in [-0.2, 0) is 39.9 Å². The Labute approximate surface area is 372 Å². The average molecular weight is 880 g/mol. The summed E-state index contributed by atoms with van der Waals surface area (Å²) in [6, 6.07) is 20.8. The highest BCUT2D eigenvalue weighted by molar-refractivity contribution is 6.30. The fourth-order valence-electron chi connectivity index (χ4n) is 7.76. The van der Waals surface area contributed by atoms with Gasteiger partial charge in [0, 0.05) is 72.7 Å². The van der Waals surface area contributed by atoms with Crippen LogP contribution in [0.5, 0.6) is 11.5 Å². The quantitative estimate of drug-likeness (QED) is 0.0513. The molecular formula is C49H54ClN3O10. The lowest BCUT2D eigenvalue weighted by Crippen LogP contribution is -2.46. The molecule has 5 N–H and O–H groups in total. The molecule has 2 amide bonds. The number of carbonyl (C=O) groups is 7. The molecule has 0 aromatic heterocycles. The first-order valence-electron chi connectivity index (χ1n) is 21.0. The molecule has 0 fully saturated rings.